The predicted octanol–water partition coefficient (Wildman–Crippen LogP) is -0.0212. The Bertz CT molecular complexity index is 923. The van der Waals surface area contributed by atoms with Crippen molar-refractivity contribution >= 4 is 23.6 Å². The van der Waals surface area contributed by atoms with Gasteiger partial charge in [0.25, 0.3) is 0 Å². The summed E-state index contributed by atoms with van der Waals surface area (Å²) in [6, 6.07) is 0.289. The van der Waals surface area contributed by atoms with Gasteiger partial charge in [-0.1, -0.05) is 0 Å². The Morgan fingerprint density at radius 3 is 2.52 bits per heavy atom. The Labute approximate surface area is 168 Å². The number of carbonyl (C=O) groups excluding carboxylic acids is 1. The average Bonchev–Trinajstić information content (AvgIpc) is 3.11. The van der Waals surface area contributed by atoms with Crippen molar-refractivity contribution in [3.8, 4) is 11.3 Å². The second kappa shape index (κ2) is 7.11. The normalized spacial score (nSPS) is 23.6. The molecule has 1 saturated heterocycles. The highest BCUT2D eigenvalue weighted by molar-refractivity contribution is 5.78. The first-order chi connectivity index (χ1) is 14.1. The summed E-state index contributed by atoms with van der Waals surface area (Å²) in [6.45, 7) is 3.68. The molecule has 10 heteroatoms. The number of amides is 1. The molecule has 0 radical (unpaired) electrons. The largest absolute Gasteiger partial charge is 0.378 e. The molecule has 2 aromatic heterocycles. The number of nitrogen functional groups attached to an aromatic ring is 1. The van der Waals surface area contributed by atoms with Crippen LogP contribution >= 0.6 is 0 Å². The number of anilines is 3. The summed E-state index contributed by atoms with van der Waals surface area (Å²) in [4.78, 5) is 34.0. The second-order valence-corrected chi connectivity index (χ2v) is 7.77. The molecule has 3 aliphatic rings. The minimum absolute atomic E-state index is 0.0328. The molecule has 2 aromatic rings. The maximum atomic E-state index is 11.5. The summed E-state index contributed by atoms with van der Waals surface area (Å²) >= 11 is 0. The smallest absolute Gasteiger partial charge is 0.228 e. The van der Waals surface area contributed by atoms with Gasteiger partial charge >= 0.3 is 0 Å². The van der Waals surface area contributed by atoms with Gasteiger partial charge in [-0.15, -0.1) is 0 Å². The van der Waals surface area contributed by atoms with E-state index < -0.39 is 0 Å². The van der Waals surface area contributed by atoms with Crippen LogP contribution in [0.1, 0.15) is 18.4 Å². The van der Waals surface area contributed by atoms with E-state index in [1.54, 1.807) is 12.4 Å². The van der Waals surface area contributed by atoms with Gasteiger partial charge in [0.2, 0.25) is 17.8 Å². The van der Waals surface area contributed by atoms with Gasteiger partial charge in [-0.25, -0.2) is 15.0 Å². The molecule has 1 amide bonds. The Kier molecular flexibility index (Phi) is 4.42. The Balaban J connectivity index is 1.53. The van der Waals surface area contributed by atoms with Crippen molar-refractivity contribution in [2.24, 2.45) is 11.7 Å². The fourth-order valence-electron chi connectivity index (χ4n) is 4.30. The second-order valence-electron chi connectivity index (χ2n) is 7.77. The molecule has 0 atom stereocenters. The van der Waals surface area contributed by atoms with Crippen molar-refractivity contribution in [1.29, 1.82) is 0 Å². The summed E-state index contributed by atoms with van der Waals surface area (Å²) in [5.41, 5.74) is 13.9. The van der Waals surface area contributed by atoms with Crippen molar-refractivity contribution in [3.63, 3.8) is 0 Å². The molecule has 10 nitrogen and oxygen atoms in total. The standard InChI is InChI=1S/C19H24N8O2/c20-16(28)11-7-13(8-11)27-2-1-14-15(12-9-22-18(21)23-10-12)24-19(25-17(14)27)26-3-5-29-6-4-26/h9-11,13H,1-8H2,(H2,20,28)(H2,21,22,23)/t11-,13-. The van der Waals surface area contributed by atoms with Gasteiger partial charge < -0.3 is 26.0 Å². The third-order valence-corrected chi connectivity index (χ3v) is 6.04. The molecule has 2 fully saturated rings. The van der Waals surface area contributed by atoms with Crippen molar-refractivity contribution in [1.82, 2.24) is 19.9 Å². The van der Waals surface area contributed by atoms with Crippen LogP contribution in [0.4, 0.5) is 17.7 Å². The third kappa shape index (κ3) is 3.23. The lowest BCUT2D eigenvalue weighted by atomic mass is 9.79. The summed E-state index contributed by atoms with van der Waals surface area (Å²) < 4.78 is 5.48. The minimum Gasteiger partial charge on any atom is -0.378 e. The number of nitrogens with two attached hydrogens (primary N) is 2. The number of carbonyl (C=O) groups is 1. The summed E-state index contributed by atoms with van der Waals surface area (Å²) in [5, 5.41) is 0. The fraction of sp³-hybridized carbons (Fsp3) is 0.526. The molecule has 2 aliphatic heterocycles. The summed E-state index contributed by atoms with van der Waals surface area (Å²) in [7, 11) is 0. The van der Waals surface area contributed by atoms with Crippen LogP contribution in [0.25, 0.3) is 11.3 Å². The lowest BCUT2D eigenvalue weighted by Crippen LogP contribution is -2.48. The number of morpholine rings is 1. The van der Waals surface area contributed by atoms with Gasteiger partial charge in [0.1, 0.15) is 5.82 Å². The molecule has 4 N–H and O–H groups in total. The molecule has 0 spiro atoms. The molecule has 5 rings (SSSR count). The Hall–Kier alpha value is -3.01. The lowest BCUT2D eigenvalue weighted by molar-refractivity contribution is -0.124. The quantitative estimate of drug-likeness (QED) is 0.730. The fourth-order valence-corrected chi connectivity index (χ4v) is 4.30. The first-order valence-corrected chi connectivity index (χ1v) is 9.97. The van der Waals surface area contributed by atoms with E-state index in [2.05, 4.69) is 19.8 Å². The molecule has 29 heavy (non-hydrogen) atoms. The zero-order valence-corrected chi connectivity index (χ0v) is 16.1. The zero-order valence-electron chi connectivity index (χ0n) is 16.1. The third-order valence-electron chi connectivity index (χ3n) is 6.04. The molecular formula is C19H24N8O2. The van der Waals surface area contributed by atoms with Crippen molar-refractivity contribution < 1.29 is 9.53 Å². The van der Waals surface area contributed by atoms with Crippen LogP contribution in [-0.2, 0) is 16.0 Å². The number of hydrogen-bond donors (Lipinski definition) is 2. The monoisotopic (exact) mass is 396 g/mol. The highest BCUT2D eigenvalue weighted by Gasteiger charge is 2.41. The van der Waals surface area contributed by atoms with Gasteiger partial charge in [-0.2, -0.15) is 4.98 Å². The van der Waals surface area contributed by atoms with Crippen molar-refractivity contribution in [2.45, 2.75) is 25.3 Å². The van der Waals surface area contributed by atoms with E-state index in [9.17, 15) is 4.79 Å². The van der Waals surface area contributed by atoms with Crippen LogP contribution in [-0.4, -0.2) is 64.7 Å². The van der Waals surface area contributed by atoms with Crippen LogP contribution in [0, 0.1) is 5.92 Å². The summed E-state index contributed by atoms with van der Waals surface area (Å²) in [5.74, 6) is 1.63. The zero-order chi connectivity index (χ0) is 20.0. The van der Waals surface area contributed by atoms with Crippen LogP contribution in [0.2, 0.25) is 0 Å². The molecule has 152 valence electrons. The van der Waals surface area contributed by atoms with E-state index in [1.807, 2.05) is 0 Å². The Morgan fingerprint density at radius 2 is 1.83 bits per heavy atom. The van der Waals surface area contributed by atoms with Gasteiger partial charge in [-0.05, 0) is 19.3 Å². The Morgan fingerprint density at radius 1 is 1.10 bits per heavy atom. The van der Waals surface area contributed by atoms with Crippen molar-refractivity contribution in [3.05, 3.63) is 18.0 Å². The first kappa shape index (κ1) is 18.0. The van der Waals surface area contributed by atoms with Crippen molar-refractivity contribution in [2.75, 3.05) is 48.4 Å². The highest BCUT2D eigenvalue weighted by atomic mass is 16.5. The topological polar surface area (TPSA) is 136 Å². The number of ether oxygens (including phenoxy) is 1. The molecule has 0 unspecified atom stereocenters. The minimum atomic E-state index is -0.211. The maximum Gasteiger partial charge on any atom is 0.228 e. The number of aromatic nitrogens is 4. The first-order valence-electron chi connectivity index (χ1n) is 9.97. The van der Waals surface area contributed by atoms with Crippen LogP contribution < -0.4 is 21.3 Å². The van der Waals surface area contributed by atoms with E-state index in [4.69, 9.17) is 26.2 Å². The van der Waals surface area contributed by atoms with E-state index >= 15 is 0 Å². The number of hydrogen-bond acceptors (Lipinski definition) is 9. The highest BCUT2D eigenvalue weighted by Crippen LogP contribution is 2.41. The number of fused-ring (bicyclic) bond motifs is 1. The summed E-state index contributed by atoms with van der Waals surface area (Å²) in [6.07, 6.45) is 5.83. The van der Waals surface area contributed by atoms with Crippen LogP contribution in [0.15, 0.2) is 12.4 Å². The number of rotatable bonds is 4. The predicted molar refractivity (Wildman–Crippen MR) is 107 cm³/mol. The van der Waals surface area contributed by atoms with Gasteiger partial charge in [0.05, 0.1) is 18.9 Å². The molecule has 1 aliphatic carbocycles. The number of primary amides is 1. The lowest BCUT2D eigenvalue weighted by Gasteiger charge is -2.40. The molecule has 0 aromatic carbocycles. The SMILES string of the molecule is Nc1ncc(-c2nc(N3CCOCC3)nc3c2CCN3[C@H]2C[C@H](C(N)=O)C2)cn1. The molecule has 4 heterocycles. The van der Waals surface area contributed by atoms with E-state index in [1.165, 1.54) is 0 Å². The van der Waals surface area contributed by atoms with Gasteiger partial charge in [0, 0.05) is 55.1 Å². The molecule has 0 bridgehead atoms. The van der Waals surface area contributed by atoms with Crippen LogP contribution in [0.3, 0.4) is 0 Å². The van der Waals surface area contributed by atoms with E-state index in [0.29, 0.717) is 19.2 Å². The maximum absolute atomic E-state index is 11.5. The van der Waals surface area contributed by atoms with Crippen LogP contribution in [0.5, 0.6) is 0 Å². The van der Waals surface area contributed by atoms with Gasteiger partial charge in [-0.3, -0.25) is 4.79 Å². The van der Waals surface area contributed by atoms with E-state index in [-0.39, 0.29) is 23.8 Å². The van der Waals surface area contributed by atoms with E-state index in [0.717, 1.165) is 61.5 Å². The molecule has 1 saturated carbocycles. The van der Waals surface area contributed by atoms with Gasteiger partial charge in [0.15, 0.2) is 0 Å². The molecular weight excluding hydrogens is 372 g/mol. The average molecular weight is 396 g/mol. The number of nitrogens with zero attached hydrogens (tertiary/aromatic N) is 6.